The monoisotopic (exact) mass is 369 g/mol. The van der Waals surface area contributed by atoms with Gasteiger partial charge in [0.25, 0.3) is 11.5 Å². The molecule has 25 heavy (non-hydrogen) atoms. The number of aromatic nitrogens is 2. The molecular formula is C18H12ClN3O2S. The average Bonchev–Trinajstić information content (AvgIpc) is 2.97. The van der Waals surface area contributed by atoms with E-state index >= 15 is 0 Å². The molecule has 1 N–H and O–H groups in total. The number of benzene rings is 2. The summed E-state index contributed by atoms with van der Waals surface area (Å²) in [6.45, 7) is 1.87. The number of nitrogens with zero attached hydrogens (tertiary/aromatic N) is 2. The van der Waals surface area contributed by atoms with E-state index in [1.807, 2.05) is 37.3 Å². The third-order valence-corrected chi connectivity index (χ3v) is 5.09. The summed E-state index contributed by atoms with van der Waals surface area (Å²) in [5.74, 6) is -0.359. The van der Waals surface area contributed by atoms with Crippen molar-refractivity contribution in [2.45, 2.75) is 6.92 Å². The second-order valence-corrected chi connectivity index (χ2v) is 7.03. The lowest BCUT2D eigenvalue weighted by Crippen LogP contribution is -2.17. The molecule has 1 amide bonds. The molecule has 0 atom stereocenters. The molecule has 0 radical (unpaired) electrons. The van der Waals surface area contributed by atoms with Crippen LogP contribution in [0.4, 0.5) is 5.69 Å². The van der Waals surface area contributed by atoms with Crippen LogP contribution in [0, 0.1) is 6.92 Å². The molecule has 4 aromatic rings. The van der Waals surface area contributed by atoms with Gasteiger partial charge >= 0.3 is 0 Å². The molecule has 124 valence electrons. The molecular weight excluding hydrogens is 358 g/mol. The highest BCUT2D eigenvalue weighted by molar-refractivity contribution is 7.18. The Kier molecular flexibility index (Phi) is 3.78. The fraction of sp³-hybridized carbons (Fsp3) is 0.0556. The summed E-state index contributed by atoms with van der Waals surface area (Å²) in [4.78, 5) is 30.3. The molecule has 0 aliphatic heterocycles. The van der Waals surface area contributed by atoms with Crippen LogP contribution in [0.25, 0.3) is 16.0 Å². The second-order valence-electron chi connectivity index (χ2n) is 5.58. The largest absolute Gasteiger partial charge is 0.321 e. The van der Waals surface area contributed by atoms with Crippen molar-refractivity contribution in [1.29, 1.82) is 0 Å². The molecule has 2 heterocycles. The van der Waals surface area contributed by atoms with Crippen LogP contribution in [0.2, 0.25) is 5.02 Å². The highest BCUT2D eigenvalue weighted by Crippen LogP contribution is 2.23. The van der Waals surface area contributed by atoms with Crippen molar-refractivity contribution >= 4 is 50.5 Å². The van der Waals surface area contributed by atoms with E-state index in [9.17, 15) is 9.59 Å². The van der Waals surface area contributed by atoms with E-state index in [0.717, 1.165) is 16.6 Å². The first-order valence-electron chi connectivity index (χ1n) is 7.52. The van der Waals surface area contributed by atoms with E-state index in [0.29, 0.717) is 20.5 Å². The summed E-state index contributed by atoms with van der Waals surface area (Å²) in [6, 6.07) is 14.0. The lowest BCUT2D eigenvalue weighted by molar-refractivity contribution is 0.103. The number of rotatable bonds is 2. The minimum atomic E-state index is -0.359. The first-order valence-corrected chi connectivity index (χ1v) is 8.71. The predicted octanol–water partition coefficient (Wildman–Crippen LogP) is 4.12. The molecule has 7 heteroatoms. The van der Waals surface area contributed by atoms with E-state index in [1.54, 1.807) is 12.1 Å². The quantitative estimate of drug-likeness (QED) is 0.578. The van der Waals surface area contributed by atoms with Crippen LogP contribution in [0.5, 0.6) is 0 Å². The zero-order chi connectivity index (χ0) is 17.6. The maximum Gasteiger partial charge on any atom is 0.266 e. The summed E-state index contributed by atoms with van der Waals surface area (Å²) in [7, 11) is 0. The number of carbonyl (C=O) groups is 1. The Morgan fingerprint density at radius 1 is 1.20 bits per heavy atom. The van der Waals surface area contributed by atoms with Crippen LogP contribution < -0.4 is 10.9 Å². The van der Waals surface area contributed by atoms with Crippen LogP contribution in [0.15, 0.2) is 53.3 Å². The van der Waals surface area contributed by atoms with Gasteiger partial charge in [0.1, 0.15) is 4.88 Å². The second kappa shape index (κ2) is 5.98. The highest BCUT2D eigenvalue weighted by Gasteiger charge is 2.15. The molecule has 0 saturated heterocycles. The van der Waals surface area contributed by atoms with E-state index in [2.05, 4.69) is 10.3 Å². The van der Waals surface area contributed by atoms with Crippen molar-refractivity contribution in [2.75, 3.05) is 5.32 Å². The minimum Gasteiger partial charge on any atom is -0.321 e. The van der Waals surface area contributed by atoms with Crippen LogP contribution in [-0.2, 0) is 0 Å². The van der Waals surface area contributed by atoms with E-state index in [4.69, 9.17) is 11.6 Å². The Bertz CT molecular complexity index is 1200. The molecule has 0 bridgehead atoms. The molecule has 0 saturated carbocycles. The van der Waals surface area contributed by atoms with E-state index in [-0.39, 0.29) is 11.5 Å². The molecule has 0 fully saturated rings. The molecule has 0 aliphatic rings. The summed E-state index contributed by atoms with van der Waals surface area (Å²) >= 11 is 7.15. The predicted molar refractivity (Wildman–Crippen MR) is 101 cm³/mol. The maximum atomic E-state index is 12.6. The number of hydrogen-bond donors (Lipinski definition) is 1. The SMILES string of the molecule is Cc1ccc(Cl)cc1NC(=O)c1cc(=O)n2c(nc3ccccc32)s1. The van der Waals surface area contributed by atoms with Crippen LogP contribution in [0.1, 0.15) is 15.2 Å². The molecule has 5 nitrogen and oxygen atoms in total. The summed E-state index contributed by atoms with van der Waals surface area (Å²) < 4.78 is 1.52. The van der Waals surface area contributed by atoms with Gasteiger partial charge < -0.3 is 5.32 Å². The molecule has 2 aromatic carbocycles. The smallest absolute Gasteiger partial charge is 0.266 e. The van der Waals surface area contributed by atoms with Gasteiger partial charge in [-0.2, -0.15) is 0 Å². The molecule has 0 unspecified atom stereocenters. The zero-order valence-electron chi connectivity index (χ0n) is 13.1. The van der Waals surface area contributed by atoms with Gasteiger partial charge in [-0.25, -0.2) is 4.98 Å². The van der Waals surface area contributed by atoms with Crippen LogP contribution in [0.3, 0.4) is 0 Å². The van der Waals surface area contributed by atoms with Gasteiger partial charge in [-0.15, -0.1) is 0 Å². The first kappa shape index (κ1) is 15.8. The van der Waals surface area contributed by atoms with Gasteiger partial charge in [0.15, 0.2) is 4.96 Å². The Hall–Kier alpha value is -2.70. The van der Waals surface area contributed by atoms with Crippen molar-refractivity contribution in [3.63, 3.8) is 0 Å². The van der Waals surface area contributed by atoms with Crippen LogP contribution >= 0.6 is 22.9 Å². The zero-order valence-corrected chi connectivity index (χ0v) is 14.7. The van der Waals surface area contributed by atoms with Gasteiger partial charge in [0.2, 0.25) is 0 Å². The van der Waals surface area contributed by atoms with E-state index in [1.165, 1.54) is 21.8 Å². The van der Waals surface area contributed by atoms with E-state index < -0.39 is 0 Å². The summed E-state index contributed by atoms with van der Waals surface area (Å²) in [5.41, 5.74) is 2.68. The number of anilines is 1. The Morgan fingerprint density at radius 2 is 2.00 bits per heavy atom. The van der Waals surface area contributed by atoms with Gasteiger partial charge in [-0.1, -0.05) is 41.1 Å². The van der Waals surface area contributed by atoms with Crippen molar-refractivity contribution in [2.24, 2.45) is 0 Å². The molecule has 0 spiro atoms. The number of fused-ring (bicyclic) bond motifs is 3. The molecule has 2 aromatic heterocycles. The Morgan fingerprint density at radius 3 is 2.84 bits per heavy atom. The maximum absolute atomic E-state index is 12.6. The fourth-order valence-corrected chi connectivity index (χ4v) is 3.71. The third-order valence-electron chi connectivity index (χ3n) is 3.88. The normalized spacial score (nSPS) is 11.1. The summed E-state index contributed by atoms with van der Waals surface area (Å²) in [6.07, 6.45) is 0. The topological polar surface area (TPSA) is 63.5 Å². The lowest BCUT2D eigenvalue weighted by Gasteiger charge is -2.08. The first-order chi connectivity index (χ1) is 12.0. The average molecular weight is 370 g/mol. The fourth-order valence-electron chi connectivity index (χ4n) is 2.61. The Labute approximate surface area is 151 Å². The number of amides is 1. The minimum absolute atomic E-state index is 0.282. The van der Waals surface area contributed by atoms with Crippen molar-refractivity contribution in [3.8, 4) is 0 Å². The van der Waals surface area contributed by atoms with Gasteiger partial charge in [0.05, 0.1) is 11.0 Å². The van der Waals surface area contributed by atoms with Gasteiger partial charge in [0, 0.05) is 16.8 Å². The van der Waals surface area contributed by atoms with Crippen molar-refractivity contribution in [3.05, 3.63) is 74.3 Å². The highest BCUT2D eigenvalue weighted by atomic mass is 35.5. The lowest BCUT2D eigenvalue weighted by atomic mass is 10.2. The Balaban J connectivity index is 1.79. The standard InChI is InChI=1S/C18H12ClN3O2S/c1-10-6-7-11(19)8-13(10)20-17(24)15-9-16(23)22-14-5-3-2-4-12(14)21-18(22)25-15/h2-9H,1H3,(H,20,24). The third kappa shape index (κ3) is 2.79. The van der Waals surface area contributed by atoms with Crippen molar-refractivity contribution < 1.29 is 4.79 Å². The van der Waals surface area contributed by atoms with Gasteiger partial charge in [-0.3, -0.25) is 14.0 Å². The number of carbonyl (C=O) groups excluding carboxylic acids is 1. The number of halogens is 1. The van der Waals surface area contributed by atoms with Gasteiger partial charge in [-0.05, 0) is 36.8 Å². The molecule has 4 rings (SSSR count). The van der Waals surface area contributed by atoms with Crippen molar-refractivity contribution in [1.82, 2.24) is 9.38 Å². The number of nitrogens with one attached hydrogen (secondary N) is 1. The number of para-hydroxylation sites is 2. The van der Waals surface area contributed by atoms with Crippen LogP contribution in [-0.4, -0.2) is 15.3 Å². The number of imidazole rings is 1. The summed E-state index contributed by atoms with van der Waals surface area (Å²) in [5, 5.41) is 3.34. The number of hydrogen-bond acceptors (Lipinski definition) is 4. The number of aryl methyl sites for hydroxylation is 1. The molecule has 0 aliphatic carbocycles.